The van der Waals surface area contributed by atoms with Crippen molar-refractivity contribution in [1.82, 2.24) is 10.6 Å². The SMILES string of the molecule is CCC(C)C(=O)NCCNC. The molecule has 0 fully saturated rings. The number of nitrogens with one attached hydrogen (secondary N) is 2. The van der Waals surface area contributed by atoms with E-state index in [1.165, 1.54) is 0 Å². The number of hydrogen-bond donors (Lipinski definition) is 2. The van der Waals surface area contributed by atoms with Gasteiger partial charge in [0.15, 0.2) is 0 Å². The summed E-state index contributed by atoms with van der Waals surface area (Å²) in [5.41, 5.74) is 0. The molecule has 0 radical (unpaired) electrons. The van der Waals surface area contributed by atoms with Crippen LogP contribution in [0.2, 0.25) is 0 Å². The van der Waals surface area contributed by atoms with Crippen molar-refractivity contribution in [3.63, 3.8) is 0 Å². The highest BCUT2D eigenvalue weighted by Gasteiger charge is 2.07. The largest absolute Gasteiger partial charge is 0.355 e. The number of rotatable bonds is 5. The molecule has 66 valence electrons. The van der Waals surface area contributed by atoms with Gasteiger partial charge in [-0.25, -0.2) is 0 Å². The minimum atomic E-state index is 0.145. The van der Waals surface area contributed by atoms with E-state index < -0.39 is 0 Å². The maximum Gasteiger partial charge on any atom is 0.222 e. The fourth-order valence-electron chi connectivity index (χ4n) is 0.670. The topological polar surface area (TPSA) is 41.1 Å². The maximum atomic E-state index is 11.1. The predicted molar refractivity (Wildman–Crippen MR) is 46.4 cm³/mol. The molecule has 0 saturated carbocycles. The highest BCUT2D eigenvalue weighted by atomic mass is 16.1. The average Bonchev–Trinajstić information content (AvgIpc) is 2.03. The highest BCUT2D eigenvalue weighted by molar-refractivity contribution is 5.78. The Morgan fingerprint density at radius 3 is 2.55 bits per heavy atom. The number of carbonyl (C=O) groups is 1. The lowest BCUT2D eigenvalue weighted by atomic mass is 10.1. The average molecular weight is 158 g/mol. The Hall–Kier alpha value is -0.570. The number of carbonyl (C=O) groups excluding carboxylic acids is 1. The van der Waals surface area contributed by atoms with Crippen LogP contribution in [0.5, 0.6) is 0 Å². The van der Waals surface area contributed by atoms with Gasteiger partial charge in [-0.3, -0.25) is 4.79 Å². The lowest BCUT2D eigenvalue weighted by Gasteiger charge is -2.08. The quantitative estimate of drug-likeness (QED) is 0.567. The third kappa shape index (κ3) is 4.79. The molecule has 0 spiro atoms. The summed E-state index contributed by atoms with van der Waals surface area (Å²) in [7, 11) is 1.87. The van der Waals surface area contributed by atoms with Crippen molar-refractivity contribution >= 4 is 5.91 Å². The molecular weight excluding hydrogens is 140 g/mol. The highest BCUT2D eigenvalue weighted by Crippen LogP contribution is 1.98. The second-order valence-electron chi connectivity index (χ2n) is 2.70. The Bertz CT molecular complexity index is 115. The Balaban J connectivity index is 3.36. The molecule has 2 N–H and O–H groups in total. The van der Waals surface area contributed by atoms with E-state index in [0.717, 1.165) is 19.5 Å². The zero-order valence-corrected chi connectivity index (χ0v) is 7.61. The molecule has 0 aromatic carbocycles. The summed E-state index contributed by atoms with van der Waals surface area (Å²) in [4.78, 5) is 11.1. The van der Waals surface area contributed by atoms with E-state index in [0.29, 0.717) is 0 Å². The van der Waals surface area contributed by atoms with Gasteiger partial charge in [0.25, 0.3) is 0 Å². The van der Waals surface area contributed by atoms with Gasteiger partial charge in [0.1, 0.15) is 0 Å². The van der Waals surface area contributed by atoms with Crippen LogP contribution in [0.15, 0.2) is 0 Å². The van der Waals surface area contributed by atoms with Crippen LogP contribution < -0.4 is 10.6 Å². The summed E-state index contributed by atoms with van der Waals surface area (Å²) in [5.74, 6) is 0.301. The Morgan fingerprint density at radius 2 is 2.09 bits per heavy atom. The Labute approximate surface area is 68.6 Å². The third-order valence-electron chi connectivity index (χ3n) is 1.73. The summed E-state index contributed by atoms with van der Waals surface area (Å²) < 4.78 is 0. The zero-order chi connectivity index (χ0) is 8.69. The number of amides is 1. The van der Waals surface area contributed by atoms with Crippen LogP contribution in [-0.4, -0.2) is 26.0 Å². The van der Waals surface area contributed by atoms with Gasteiger partial charge in [0, 0.05) is 19.0 Å². The van der Waals surface area contributed by atoms with Crippen molar-refractivity contribution in [2.75, 3.05) is 20.1 Å². The van der Waals surface area contributed by atoms with E-state index >= 15 is 0 Å². The van der Waals surface area contributed by atoms with Gasteiger partial charge in [0.05, 0.1) is 0 Å². The molecule has 0 rings (SSSR count). The van der Waals surface area contributed by atoms with Crippen molar-refractivity contribution in [3.05, 3.63) is 0 Å². The smallest absolute Gasteiger partial charge is 0.222 e. The van der Waals surface area contributed by atoms with Gasteiger partial charge in [-0.2, -0.15) is 0 Å². The first-order chi connectivity index (χ1) is 5.22. The van der Waals surface area contributed by atoms with E-state index in [9.17, 15) is 4.79 Å². The molecule has 1 amide bonds. The van der Waals surface area contributed by atoms with E-state index in [2.05, 4.69) is 10.6 Å². The predicted octanol–water partition coefficient (Wildman–Crippen LogP) is 0.368. The van der Waals surface area contributed by atoms with Gasteiger partial charge in [-0.15, -0.1) is 0 Å². The Kier molecular flexibility index (Phi) is 5.84. The second kappa shape index (κ2) is 6.16. The summed E-state index contributed by atoms with van der Waals surface area (Å²) in [5, 5.41) is 5.80. The van der Waals surface area contributed by atoms with Crippen molar-refractivity contribution in [1.29, 1.82) is 0 Å². The lowest BCUT2D eigenvalue weighted by Crippen LogP contribution is -2.33. The monoisotopic (exact) mass is 158 g/mol. The molecule has 11 heavy (non-hydrogen) atoms. The van der Waals surface area contributed by atoms with Crippen LogP contribution >= 0.6 is 0 Å². The first kappa shape index (κ1) is 10.4. The van der Waals surface area contributed by atoms with Gasteiger partial charge in [-0.1, -0.05) is 13.8 Å². The van der Waals surface area contributed by atoms with Crippen molar-refractivity contribution < 1.29 is 4.79 Å². The molecule has 0 aliphatic heterocycles. The molecule has 1 unspecified atom stereocenters. The molecule has 3 heteroatoms. The molecule has 0 bridgehead atoms. The third-order valence-corrected chi connectivity index (χ3v) is 1.73. The summed E-state index contributed by atoms with van der Waals surface area (Å²) in [6, 6.07) is 0. The van der Waals surface area contributed by atoms with Crippen LogP contribution in [0.25, 0.3) is 0 Å². The number of likely N-dealkylation sites (N-methyl/N-ethyl adjacent to an activating group) is 1. The molecule has 0 heterocycles. The van der Waals surface area contributed by atoms with Crippen LogP contribution in [0, 0.1) is 5.92 Å². The molecule has 0 aromatic rings. The van der Waals surface area contributed by atoms with Crippen LogP contribution in [0.3, 0.4) is 0 Å². The van der Waals surface area contributed by atoms with Crippen LogP contribution in [0.4, 0.5) is 0 Å². The second-order valence-corrected chi connectivity index (χ2v) is 2.70. The minimum Gasteiger partial charge on any atom is -0.355 e. The maximum absolute atomic E-state index is 11.1. The van der Waals surface area contributed by atoms with Crippen LogP contribution in [0.1, 0.15) is 20.3 Å². The molecule has 0 aliphatic carbocycles. The normalized spacial score (nSPS) is 12.6. The Morgan fingerprint density at radius 1 is 1.45 bits per heavy atom. The molecule has 3 nitrogen and oxygen atoms in total. The van der Waals surface area contributed by atoms with Gasteiger partial charge < -0.3 is 10.6 Å². The molecular formula is C8H18N2O. The standard InChI is InChI=1S/C8H18N2O/c1-4-7(2)8(11)10-6-5-9-3/h7,9H,4-6H2,1-3H3,(H,10,11). The zero-order valence-electron chi connectivity index (χ0n) is 7.61. The van der Waals surface area contributed by atoms with Crippen molar-refractivity contribution in [2.45, 2.75) is 20.3 Å². The molecule has 0 aliphatic rings. The fraction of sp³-hybridized carbons (Fsp3) is 0.875. The van der Waals surface area contributed by atoms with Gasteiger partial charge in [-0.05, 0) is 13.5 Å². The fourth-order valence-corrected chi connectivity index (χ4v) is 0.670. The summed E-state index contributed by atoms with van der Waals surface area (Å²) in [6.07, 6.45) is 0.908. The first-order valence-corrected chi connectivity index (χ1v) is 4.14. The van der Waals surface area contributed by atoms with Crippen molar-refractivity contribution in [3.8, 4) is 0 Å². The van der Waals surface area contributed by atoms with E-state index in [1.54, 1.807) is 0 Å². The summed E-state index contributed by atoms with van der Waals surface area (Å²) in [6.45, 7) is 5.51. The first-order valence-electron chi connectivity index (χ1n) is 4.14. The molecule has 0 aromatic heterocycles. The number of hydrogen-bond acceptors (Lipinski definition) is 2. The lowest BCUT2D eigenvalue weighted by molar-refractivity contribution is -0.124. The van der Waals surface area contributed by atoms with E-state index in [-0.39, 0.29) is 11.8 Å². The van der Waals surface area contributed by atoms with Gasteiger partial charge in [0.2, 0.25) is 5.91 Å². The minimum absolute atomic E-state index is 0.145. The van der Waals surface area contributed by atoms with E-state index in [1.807, 2.05) is 20.9 Å². The van der Waals surface area contributed by atoms with Crippen LogP contribution in [-0.2, 0) is 4.79 Å². The van der Waals surface area contributed by atoms with E-state index in [4.69, 9.17) is 0 Å². The summed E-state index contributed by atoms with van der Waals surface area (Å²) >= 11 is 0. The van der Waals surface area contributed by atoms with Gasteiger partial charge >= 0.3 is 0 Å². The molecule has 1 atom stereocenters. The molecule has 0 saturated heterocycles. The van der Waals surface area contributed by atoms with Crippen molar-refractivity contribution in [2.24, 2.45) is 5.92 Å².